The molecule has 2 heterocycles. The van der Waals surface area contributed by atoms with Crippen molar-refractivity contribution in [1.29, 1.82) is 0 Å². The van der Waals surface area contributed by atoms with Crippen LogP contribution >= 0.6 is 0 Å². The van der Waals surface area contributed by atoms with Crippen LogP contribution in [-0.2, 0) is 6.42 Å². The Labute approximate surface area is 123 Å². The average Bonchev–Trinajstić information content (AvgIpc) is 2.66. The summed E-state index contributed by atoms with van der Waals surface area (Å²) in [5, 5.41) is 3.43. The van der Waals surface area contributed by atoms with Gasteiger partial charge in [-0.1, -0.05) is 27.7 Å². The lowest BCUT2D eigenvalue weighted by molar-refractivity contribution is 0.620. The molecule has 0 unspecified atom stereocenters. The van der Waals surface area contributed by atoms with E-state index in [0.717, 1.165) is 45.0 Å². The van der Waals surface area contributed by atoms with Crippen molar-refractivity contribution in [2.75, 3.05) is 31.1 Å². The predicted octanol–water partition coefficient (Wildman–Crippen LogP) is 2.60. The molecular formula is C16H28N4. The van der Waals surface area contributed by atoms with Crippen molar-refractivity contribution in [3.8, 4) is 0 Å². The molecule has 1 aliphatic heterocycles. The van der Waals surface area contributed by atoms with Gasteiger partial charge in [0.15, 0.2) is 0 Å². The fourth-order valence-electron chi connectivity index (χ4n) is 2.65. The maximum atomic E-state index is 4.89. The lowest BCUT2D eigenvalue weighted by atomic mass is 9.97. The third kappa shape index (κ3) is 3.92. The number of nitrogens with zero attached hydrogens (tertiary/aromatic N) is 3. The summed E-state index contributed by atoms with van der Waals surface area (Å²) in [7, 11) is 0. The maximum Gasteiger partial charge on any atom is 0.225 e. The highest BCUT2D eigenvalue weighted by atomic mass is 15.3. The number of anilines is 1. The molecule has 0 aliphatic carbocycles. The third-order valence-electron chi connectivity index (χ3n) is 3.73. The molecule has 1 aromatic rings. The molecule has 4 heteroatoms. The third-order valence-corrected chi connectivity index (χ3v) is 3.73. The Morgan fingerprint density at radius 1 is 1.20 bits per heavy atom. The number of hydrogen-bond acceptors (Lipinski definition) is 4. The molecule has 0 radical (unpaired) electrons. The molecule has 1 fully saturated rings. The van der Waals surface area contributed by atoms with Crippen molar-refractivity contribution >= 4 is 5.95 Å². The normalized spacial score (nSPS) is 16.8. The predicted molar refractivity (Wildman–Crippen MR) is 84.4 cm³/mol. The average molecular weight is 276 g/mol. The molecule has 1 aliphatic rings. The zero-order chi connectivity index (χ0) is 14.5. The van der Waals surface area contributed by atoms with E-state index in [9.17, 15) is 0 Å². The summed E-state index contributed by atoms with van der Waals surface area (Å²) < 4.78 is 0. The Kier molecular flexibility index (Phi) is 5.35. The fourth-order valence-corrected chi connectivity index (χ4v) is 2.65. The van der Waals surface area contributed by atoms with E-state index in [1.54, 1.807) is 0 Å². The Morgan fingerprint density at radius 2 is 2.00 bits per heavy atom. The standard InChI is InChI=1S/C16H28N4/c1-12(2)10-15-14(13(3)4)11-18-16(19-15)20-8-5-6-17-7-9-20/h11-13,17H,5-10H2,1-4H3. The Hall–Kier alpha value is -1.16. The van der Waals surface area contributed by atoms with Gasteiger partial charge in [-0.2, -0.15) is 0 Å². The molecule has 0 saturated carbocycles. The van der Waals surface area contributed by atoms with Crippen molar-refractivity contribution < 1.29 is 0 Å². The van der Waals surface area contributed by atoms with Crippen LogP contribution in [0.2, 0.25) is 0 Å². The first-order valence-corrected chi connectivity index (χ1v) is 7.89. The summed E-state index contributed by atoms with van der Waals surface area (Å²) in [6.07, 6.45) is 4.24. The molecule has 0 amide bonds. The first-order chi connectivity index (χ1) is 9.58. The molecule has 0 spiro atoms. The van der Waals surface area contributed by atoms with E-state index in [0.29, 0.717) is 11.8 Å². The minimum atomic E-state index is 0.489. The van der Waals surface area contributed by atoms with Gasteiger partial charge in [-0.05, 0) is 36.8 Å². The van der Waals surface area contributed by atoms with Crippen molar-refractivity contribution in [3.63, 3.8) is 0 Å². The van der Waals surface area contributed by atoms with E-state index >= 15 is 0 Å². The zero-order valence-electron chi connectivity index (χ0n) is 13.3. The molecule has 1 aromatic heterocycles. The topological polar surface area (TPSA) is 41.1 Å². The molecule has 4 nitrogen and oxygen atoms in total. The van der Waals surface area contributed by atoms with Crippen LogP contribution in [0.25, 0.3) is 0 Å². The minimum Gasteiger partial charge on any atom is -0.339 e. The fraction of sp³-hybridized carbons (Fsp3) is 0.750. The van der Waals surface area contributed by atoms with E-state index in [1.165, 1.54) is 11.3 Å². The van der Waals surface area contributed by atoms with Crippen molar-refractivity contribution in [1.82, 2.24) is 15.3 Å². The number of rotatable bonds is 4. The molecule has 1 saturated heterocycles. The van der Waals surface area contributed by atoms with Crippen LogP contribution in [0.4, 0.5) is 5.95 Å². The van der Waals surface area contributed by atoms with Gasteiger partial charge >= 0.3 is 0 Å². The second kappa shape index (κ2) is 7.02. The van der Waals surface area contributed by atoms with Crippen molar-refractivity contribution in [2.24, 2.45) is 5.92 Å². The van der Waals surface area contributed by atoms with Crippen LogP contribution in [0.1, 0.15) is 51.3 Å². The summed E-state index contributed by atoms with van der Waals surface area (Å²) in [6.45, 7) is 13.1. The molecule has 2 rings (SSSR count). The van der Waals surface area contributed by atoms with Gasteiger partial charge in [0, 0.05) is 31.5 Å². The van der Waals surface area contributed by atoms with Crippen LogP contribution in [0, 0.1) is 5.92 Å². The van der Waals surface area contributed by atoms with Crippen LogP contribution in [0.15, 0.2) is 6.20 Å². The molecular weight excluding hydrogens is 248 g/mol. The second-order valence-corrected chi connectivity index (χ2v) is 6.42. The minimum absolute atomic E-state index is 0.489. The Balaban J connectivity index is 2.25. The van der Waals surface area contributed by atoms with Gasteiger partial charge in [-0.3, -0.25) is 0 Å². The summed E-state index contributed by atoms with van der Waals surface area (Å²) in [6, 6.07) is 0. The molecule has 0 aromatic carbocycles. The maximum absolute atomic E-state index is 4.89. The van der Waals surface area contributed by atoms with Gasteiger partial charge in [-0.25, -0.2) is 9.97 Å². The van der Waals surface area contributed by atoms with Crippen molar-refractivity contribution in [3.05, 3.63) is 17.5 Å². The largest absolute Gasteiger partial charge is 0.339 e. The summed E-state index contributed by atoms with van der Waals surface area (Å²) >= 11 is 0. The zero-order valence-corrected chi connectivity index (χ0v) is 13.3. The second-order valence-electron chi connectivity index (χ2n) is 6.42. The first kappa shape index (κ1) is 15.2. The lowest BCUT2D eigenvalue weighted by Crippen LogP contribution is -2.30. The van der Waals surface area contributed by atoms with Gasteiger partial charge in [-0.15, -0.1) is 0 Å². The van der Waals surface area contributed by atoms with E-state index in [2.05, 4.69) is 42.9 Å². The highest BCUT2D eigenvalue weighted by Gasteiger charge is 2.16. The quantitative estimate of drug-likeness (QED) is 0.918. The smallest absolute Gasteiger partial charge is 0.225 e. The molecule has 20 heavy (non-hydrogen) atoms. The lowest BCUT2D eigenvalue weighted by Gasteiger charge is -2.22. The summed E-state index contributed by atoms with van der Waals surface area (Å²) in [4.78, 5) is 11.8. The van der Waals surface area contributed by atoms with Gasteiger partial charge in [0.1, 0.15) is 0 Å². The number of hydrogen-bond donors (Lipinski definition) is 1. The van der Waals surface area contributed by atoms with E-state index < -0.39 is 0 Å². The van der Waals surface area contributed by atoms with Crippen LogP contribution in [-0.4, -0.2) is 36.1 Å². The monoisotopic (exact) mass is 276 g/mol. The first-order valence-electron chi connectivity index (χ1n) is 7.89. The molecule has 0 bridgehead atoms. The molecule has 112 valence electrons. The van der Waals surface area contributed by atoms with Gasteiger partial charge in [0.2, 0.25) is 5.95 Å². The van der Waals surface area contributed by atoms with Gasteiger partial charge in [0.25, 0.3) is 0 Å². The van der Waals surface area contributed by atoms with E-state index in [1.807, 2.05) is 6.20 Å². The van der Waals surface area contributed by atoms with Crippen LogP contribution in [0.3, 0.4) is 0 Å². The Bertz CT molecular complexity index is 420. The number of aromatic nitrogens is 2. The van der Waals surface area contributed by atoms with Gasteiger partial charge < -0.3 is 10.2 Å². The van der Waals surface area contributed by atoms with Crippen molar-refractivity contribution in [2.45, 2.75) is 46.5 Å². The van der Waals surface area contributed by atoms with E-state index in [4.69, 9.17) is 4.98 Å². The summed E-state index contributed by atoms with van der Waals surface area (Å²) in [5.74, 6) is 2.03. The van der Waals surface area contributed by atoms with Crippen LogP contribution < -0.4 is 10.2 Å². The van der Waals surface area contributed by atoms with E-state index in [-0.39, 0.29) is 0 Å². The number of nitrogens with one attached hydrogen (secondary N) is 1. The van der Waals surface area contributed by atoms with Gasteiger partial charge in [0.05, 0.1) is 0 Å². The highest BCUT2D eigenvalue weighted by molar-refractivity contribution is 5.35. The SMILES string of the molecule is CC(C)Cc1nc(N2CCCNCC2)ncc1C(C)C. The molecule has 0 atom stereocenters. The Morgan fingerprint density at radius 3 is 2.70 bits per heavy atom. The van der Waals surface area contributed by atoms with Crippen LogP contribution in [0.5, 0.6) is 0 Å². The molecule has 1 N–H and O–H groups in total. The highest BCUT2D eigenvalue weighted by Crippen LogP contribution is 2.22. The summed E-state index contributed by atoms with van der Waals surface area (Å²) in [5.41, 5.74) is 2.53.